The summed E-state index contributed by atoms with van der Waals surface area (Å²) in [6, 6.07) is -0.938. The topological polar surface area (TPSA) is 96.3 Å². The molecule has 19 heavy (non-hydrogen) atoms. The molecular formula is C12H21NO6. The molecule has 3 atom stereocenters. The maximum Gasteiger partial charge on any atom is 0.413 e. The van der Waals surface area contributed by atoms with Gasteiger partial charge in [-0.15, -0.1) is 0 Å². The molecule has 1 fully saturated rings. The second-order valence-corrected chi connectivity index (χ2v) is 5.52. The first-order chi connectivity index (χ1) is 8.71. The zero-order chi connectivity index (χ0) is 14.8. The number of carbonyl (C=O) groups is 2. The summed E-state index contributed by atoms with van der Waals surface area (Å²) in [7, 11) is 1.20. The molecule has 1 heterocycles. The molecule has 1 saturated heterocycles. The van der Waals surface area contributed by atoms with Crippen LogP contribution >= 0.6 is 0 Å². The third-order valence-corrected chi connectivity index (χ3v) is 2.88. The molecule has 0 bridgehead atoms. The predicted octanol–water partition coefficient (Wildman–Crippen LogP) is 0.0957. The lowest BCUT2D eigenvalue weighted by molar-refractivity contribution is -0.148. The first-order valence-electron chi connectivity index (χ1n) is 6.09. The van der Waals surface area contributed by atoms with Crippen LogP contribution in [-0.4, -0.2) is 58.8 Å². The molecule has 3 unspecified atom stereocenters. The molecule has 0 saturated carbocycles. The van der Waals surface area contributed by atoms with Crippen molar-refractivity contribution in [2.75, 3.05) is 13.7 Å². The number of aliphatic hydroxyl groups is 2. The van der Waals surface area contributed by atoms with Crippen molar-refractivity contribution in [3.05, 3.63) is 0 Å². The number of carbonyl (C=O) groups excluding carboxylic acids is 2. The summed E-state index contributed by atoms with van der Waals surface area (Å²) in [6.45, 7) is 4.73. The third-order valence-electron chi connectivity index (χ3n) is 2.88. The molecule has 0 aromatic carbocycles. The van der Waals surface area contributed by atoms with E-state index in [1.807, 2.05) is 0 Å². The van der Waals surface area contributed by atoms with E-state index in [0.717, 1.165) is 4.90 Å². The van der Waals surface area contributed by atoms with E-state index < -0.39 is 35.9 Å². The third kappa shape index (κ3) is 3.57. The number of hydrogen-bond donors (Lipinski definition) is 2. The summed E-state index contributed by atoms with van der Waals surface area (Å²) >= 11 is 0. The Kier molecular flexibility index (Phi) is 4.75. The Morgan fingerprint density at radius 3 is 2.37 bits per heavy atom. The first kappa shape index (κ1) is 15.7. The van der Waals surface area contributed by atoms with Gasteiger partial charge in [0.1, 0.15) is 17.9 Å². The maximum atomic E-state index is 12.0. The van der Waals surface area contributed by atoms with Crippen LogP contribution in [0.4, 0.5) is 4.79 Å². The number of esters is 1. The van der Waals surface area contributed by atoms with Crippen molar-refractivity contribution in [3.8, 4) is 0 Å². The number of nitrogens with zero attached hydrogens (tertiary/aromatic N) is 1. The molecule has 0 aromatic heterocycles. The van der Waals surface area contributed by atoms with Crippen LogP contribution in [0.15, 0.2) is 0 Å². The fourth-order valence-electron chi connectivity index (χ4n) is 2.00. The number of rotatable bonds is 2. The second-order valence-electron chi connectivity index (χ2n) is 5.52. The standard InChI is InChI=1S/C12H21NO6/c1-12(2,3)19-11(17)13-8(10(16)18-4)5-7(6-14)9(13)15/h7-9,14-15H,5-6H2,1-4H3. The zero-order valence-electron chi connectivity index (χ0n) is 11.6. The maximum absolute atomic E-state index is 12.0. The van der Waals surface area contributed by atoms with Crippen LogP contribution in [0.5, 0.6) is 0 Å². The average molecular weight is 275 g/mol. The molecule has 1 rings (SSSR count). The largest absolute Gasteiger partial charge is 0.467 e. The summed E-state index contributed by atoms with van der Waals surface area (Å²) in [5.41, 5.74) is -0.741. The summed E-state index contributed by atoms with van der Waals surface area (Å²) < 4.78 is 9.75. The molecule has 1 aliphatic heterocycles. The highest BCUT2D eigenvalue weighted by atomic mass is 16.6. The van der Waals surface area contributed by atoms with Gasteiger partial charge in [0.05, 0.1) is 13.7 Å². The van der Waals surface area contributed by atoms with Crippen LogP contribution in [0.3, 0.4) is 0 Å². The predicted molar refractivity (Wildman–Crippen MR) is 65.1 cm³/mol. The first-order valence-corrected chi connectivity index (χ1v) is 6.09. The highest BCUT2D eigenvalue weighted by Gasteiger charge is 2.48. The van der Waals surface area contributed by atoms with Crippen molar-refractivity contribution in [2.45, 2.75) is 45.1 Å². The van der Waals surface area contributed by atoms with Gasteiger partial charge in [-0.3, -0.25) is 4.90 Å². The molecule has 0 spiro atoms. The van der Waals surface area contributed by atoms with Gasteiger partial charge in [-0.2, -0.15) is 0 Å². The number of aliphatic hydroxyl groups excluding tert-OH is 2. The number of ether oxygens (including phenoxy) is 2. The van der Waals surface area contributed by atoms with E-state index in [2.05, 4.69) is 4.74 Å². The highest BCUT2D eigenvalue weighted by Crippen LogP contribution is 2.30. The minimum absolute atomic E-state index is 0.142. The second kappa shape index (κ2) is 5.75. The van der Waals surface area contributed by atoms with Crippen molar-refractivity contribution in [2.24, 2.45) is 5.92 Å². The van der Waals surface area contributed by atoms with Crippen LogP contribution in [0.25, 0.3) is 0 Å². The lowest BCUT2D eigenvalue weighted by Gasteiger charge is -2.29. The van der Waals surface area contributed by atoms with E-state index in [0.29, 0.717) is 0 Å². The molecule has 0 aromatic rings. The van der Waals surface area contributed by atoms with Gasteiger partial charge in [-0.05, 0) is 27.2 Å². The van der Waals surface area contributed by atoms with E-state index in [4.69, 9.17) is 9.84 Å². The Hall–Kier alpha value is -1.34. The summed E-state index contributed by atoms with van der Waals surface area (Å²) in [5.74, 6) is -1.22. The van der Waals surface area contributed by atoms with Gasteiger partial charge in [0.25, 0.3) is 0 Å². The van der Waals surface area contributed by atoms with Crippen molar-refractivity contribution in [1.82, 2.24) is 4.90 Å². The zero-order valence-corrected chi connectivity index (χ0v) is 11.6. The van der Waals surface area contributed by atoms with E-state index in [1.54, 1.807) is 20.8 Å². The van der Waals surface area contributed by atoms with Gasteiger partial charge in [-0.1, -0.05) is 0 Å². The molecule has 0 radical (unpaired) electrons. The van der Waals surface area contributed by atoms with Gasteiger partial charge < -0.3 is 19.7 Å². The van der Waals surface area contributed by atoms with Gasteiger partial charge >= 0.3 is 12.1 Å². The SMILES string of the molecule is COC(=O)C1CC(CO)C(O)N1C(=O)OC(C)(C)C. The Bertz CT molecular complexity index is 351. The Balaban J connectivity index is 2.92. The Morgan fingerprint density at radius 2 is 1.95 bits per heavy atom. The molecule has 7 nitrogen and oxygen atoms in total. The molecule has 0 aliphatic carbocycles. The van der Waals surface area contributed by atoms with E-state index in [-0.39, 0.29) is 13.0 Å². The van der Waals surface area contributed by atoms with Crippen LogP contribution < -0.4 is 0 Å². The normalized spacial score (nSPS) is 27.3. The van der Waals surface area contributed by atoms with E-state index in [1.165, 1.54) is 7.11 Å². The van der Waals surface area contributed by atoms with Crippen molar-refractivity contribution < 1.29 is 29.3 Å². The van der Waals surface area contributed by atoms with Gasteiger partial charge in [0.15, 0.2) is 0 Å². The highest BCUT2D eigenvalue weighted by molar-refractivity contribution is 5.82. The molecular weight excluding hydrogens is 254 g/mol. The van der Waals surface area contributed by atoms with Gasteiger partial charge in [0.2, 0.25) is 0 Å². The minimum Gasteiger partial charge on any atom is -0.467 e. The molecule has 2 N–H and O–H groups in total. The van der Waals surface area contributed by atoms with Crippen LogP contribution in [0, 0.1) is 5.92 Å². The summed E-state index contributed by atoms with van der Waals surface area (Å²) in [4.78, 5) is 24.6. The van der Waals surface area contributed by atoms with E-state index >= 15 is 0 Å². The van der Waals surface area contributed by atoms with Gasteiger partial charge in [0, 0.05) is 5.92 Å². The summed E-state index contributed by atoms with van der Waals surface area (Å²) in [6.07, 6.45) is -1.92. The quantitative estimate of drug-likeness (QED) is 0.694. The fraction of sp³-hybridized carbons (Fsp3) is 0.833. The minimum atomic E-state index is -1.26. The van der Waals surface area contributed by atoms with Crippen molar-refractivity contribution in [1.29, 1.82) is 0 Å². The lowest BCUT2D eigenvalue weighted by atomic mass is 10.1. The van der Waals surface area contributed by atoms with Gasteiger partial charge in [-0.25, -0.2) is 9.59 Å². The Labute approximate surface area is 112 Å². The van der Waals surface area contributed by atoms with Crippen LogP contribution in [-0.2, 0) is 14.3 Å². The number of hydrogen-bond acceptors (Lipinski definition) is 6. The molecule has 110 valence electrons. The molecule has 1 aliphatic rings. The number of amides is 1. The van der Waals surface area contributed by atoms with Crippen LogP contribution in [0.2, 0.25) is 0 Å². The van der Waals surface area contributed by atoms with Crippen molar-refractivity contribution >= 4 is 12.1 Å². The lowest BCUT2D eigenvalue weighted by Crippen LogP contribution is -2.48. The molecule has 1 amide bonds. The Morgan fingerprint density at radius 1 is 1.37 bits per heavy atom. The van der Waals surface area contributed by atoms with Crippen LogP contribution in [0.1, 0.15) is 27.2 Å². The summed E-state index contributed by atoms with van der Waals surface area (Å²) in [5, 5.41) is 19.1. The number of likely N-dealkylation sites (tertiary alicyclic amines) is 1. The average Bonchev–Trinajstić information content (AvgIpc) is 2.63. The monoisotopic (exact) mass is 275 g/mol. The van der Waals surface area contributed by atoms with Crippen molar-refractivity contribution in [3.63, 3.8) is 0 Å². The fourth-order valence-corrected chi connectivity index (χ4v) is 2.00. The smallest absolute Gasteiger partial charge is 0.413 e. The molecule has 7 heteroatoms. The number of methoxy groups -OCH3 is 1. The van der Waals surface area contributed by atoms with E-state index in [9.17, 15) is 14.7 Å².